The van der Waals surface area contributed by atoms with Gasteiger partial charge in [0, 0.05) is 24.3 Å². The van der Waals surface area contributed by atoms with Crippen molar-refractivity contribution in [1.82, 2.24) is 15.1 Å². The fourth-order valence-electron chi connectivity index (χ4n) is 1.35. The number of hydrogen-bond acceptors (Lipinski definition) is 2. The standard InChI is InChI=1S/C10H17N5/c1-7-8(6-13-15(7)2)5-12-10(11)14-9-3-4-9/h6,9H,3-5H2,1-2H3,(H3,11,12,14). The number of hydrogen-bond donors (Lipinski definition) is 2. The Morgan fingerprint density at radius 3 is 3.00 bits per heavy atom. The van der Waals surface area contributed by atoms with Gasteiger partial charge in [0.25, 0.3) is 0 Å². The highest BCUT2D eigenvalue weighted by Crippen LogP contribution is 2.18. The monoisotopic (exact) mass is 207 g/mol. The van der Waals surface area contributed by atoms with Crippen molar-refractivity contribution in [2.75, 3.05) is 0 Å². The van der Waals surface area contributed by atoms with Gasteiger partial charge in [-0.15, -0.1) is 0 Å². The van der Waals surface area contributed by atoms with Gasteiger partial charge in [0.1, 0.15) is 0 Å². The van der Waals surface area contributed by atoms with Crippen LogP contribution in [0, 0.1) is 6.92 Å². The summed E-state index contributed by atoms with van der Waals surface area (Å²) in [6.45, 7) is 2.63. The molecule has 0 bridgehead atoms. The van der Waals surface area contributed by atoms with E-state index in [0.717, 1.165) is 11.3 Å². The predicted octanol–water partition coefficient (Wildman–Crippen LogP) is 0.295. The van der Waals surface area contributed by atoms with E-state index in [4.69, 9.17) is 5.73 Å². The number of nitrogens with zero attached hydrogens (tertiary/aromatic N) is 3. The lowest BCUT2D eigenvalue weighted by atomic mass is 10.3. The third kappa shape index (κ3) is 2.49. The second-order valence-corrected chi connectivity index (χ2v) is 4.00. The van der Waals surface area contributed by atoms with Gasteiger partial charge in [-0.2, -0.15) is 5.10 Å². The van der Waals surface area contributed by atoms with Crippen LogP contribution in [0.3, 0.4) is 0 Å². The van der Waals surface area contributed by atoms with Crippen LogP contribution >= 0.6 is 0 Å². The normalized spacial score (nSPS) is 16.8. The van der Waals surface area contributed by atoms with Gasteiger partial charge >= 0.3 is 0 Å². The molecule has 0 atom stereocenters. The smallest absolute Gasteiger partial charge is 0.189 e. The summed E-state index contributed by atoms with van der Waals surface area (Å²) in [6, 6.07) is 0.559. The summed E-state index contributed by atoms with van der Waals surface area (Å²) in [6.07, 6.45) is 4.26. The molecule has 1 heterocycles. The molecule has 15 heavy (non-hydrogen) atoms. The summed E-state index contributed by atoms with van der Waals surface area (Å²) >= 11 is 0. The Balaban J connectivity index is 1.93. The molecule has 1 aliphatic rings. The quantitative estimate of drug-likeness (QED) is 0.553. The van der Waals surface area contributed by atoms with Crippen LogP contribution in [-0.4, -0.2) is 21.8 Å². The Bertz CT molecular complexity index is 375. The van der Waals surface area contributed by atoms with Gasteiger partial charge < -0.3 is 11.1 Å². The summed E-state index contributed by atoms with van der Waals surface area (Å²) in [5.74, 6) is 0.542. The van der Waals surface area contributed by atoms with Gasteiger partial charge in [-0.1, -0.05) is 0 Å². The maximum Gasteiger partial charge on any atom is 0.189 e. The number of guanidine groups is 1. The van der Waals surface area contributed by atoms with E-state index >= 15 is 0 Å². The summed E-state index contributed by atoms with van der Waals surface area (Å²) in [5.41, 5.74) is 7.99. The molecule has 2 rings (SSSR count). The lowest BCUT2D eigenvalue weighted by Crippen LogP contribution is -2.33. The van der Waals surface area contributed by atoms with E-state index in [0.29, 0.717) is 18.5 Å². The molecule has 0 saturated heterocycles. The Labute approximate surface area is 89.4 Å². The zero-order valence-corrected chi connectivity index (χ0v) is 9.20. The van der Waals surface area contributed by atoms with Gasteiger partial charge in [0.05, 0.1) is 12.7 Å². The molecule has 3 N–H and O–H groups in total. The minimum Gasteiger partial charge on any atom is -0.370 e. The first-order valence-corrected chi connectivity index (χ1v) is 5.20. The lowest BCUT2D eigenvalue weighted by molar-refractivity contribution is 0.737. The largest absolute Gasteiger partial charge is 0.370 e. The number of rotatable bonds is 3. The molecule has 1 fully saturated rings. The van der Waals surface area contributed by atoms with E-state index in [2.05, 4.69) is 15.4 Å². The summed E-state index contributed by atoms with van der Waals surface area (Å²) in [4.78, 5) is 4.28. The highest BCUT2D eigenvalue weighted by atomic mass is 15.3. The van der Waals surface area contributed by atoms with Gasteiger partial charge in [-0.25, -0.2) is 4.99 Å². The number of nitrogens with one attached hydrogen (secondary N) is 1. The second-order valence-electron chi connectivity index (χ2n) is 4.00. The molecule has 1 aromatic rings. The number of aliphatic imine (C=N–C) groups is 1. The number of aromatic nitrogens is 2. The van der Waals surface area contributed by atoms with Crippen molar-refractivity contribution in [2.45, 2.75) is 32.4 Å². The SMILES string of the molecule is Cc1c(CN=C(N)NC2CC2)cnn1C. The number of nitrogens with two attached hydrogens (primary N) is 1. The molecule has 0 spiro atoms. The van der Waals surface area contributed by atoms with Crippen molar-refractivity contribution in [3.63, 3.8) is 0 Å². The Kier molecular flexibility index (Phi) is 2.62. The Morgan fingerprint density at radius 1 is 1.73 bits per heavy atom. The molecule has 0 radical (unpaired) electrons. The van der Waals surface area contributed by atoms with Crippen LogP contribution in [-0.2, 0) is 13.6 Å². The van der Waals surface area contributed by atoms with E-state index in [-0.39, 0.29) is 0 Å². The zero-order valence-electron chi connectivity index (χ0n) is 9.20. The maximum absolute atomic E-state index is 5.73. The van der Waals surface area contributed by atoms with Crippen molar-refractivity contribution in [1.29, 1.82) is 0 Å². The van der Waals surface area contributed by atoms with Crippen LogP contribution in [0.5, 0.6) is 0 Å². The van der Waals surface area contributed by atoms with E-state index < -0.39 is 0 Å². The molecule has 1 aliphatic carbocycles. The van der Waals surface area contributed by atoms with Crippen LogP contribution in [0.4, 0.5) is 0 Å². The van der Waals surface area contributed by atoms with Gasteiger partial charge in [-0.05, 0) is 19.8 Å². The maximum atomic E-state index is 5.73. The van der Waals surface area contributed by atoms with Crippen molar-refractivity contribution in [3.8, 4) is 0 Å². The highest BCUT2D eigenvalue weighted by molar-refractivity contribution is 5.78. The molecule has 0 aliphatic heterocycles. The third-order valence-electron chi connectivity index (χ3n) is 2.69. The Morgan fingerprint density at radius 2 is 2.47 bits per heavy atom. The van der Waals surface area contributed by atoms with E-state index in [1.54, 1.807) is 0 Å². The molecular weight excluding hydrogens is 190 g/mol. The average molecular weight is 207 g/mol. The van der Waals surface area contributed by atoms with Gasteiger partial charge in [0.15, 0.2) is 5.96 Å². The average Bonchev–Trinajstić information content (AvgIpc) is 2.95. The van der Waals surface area contributed by atoms with Crippen molar-refractivity contribution in [2.24, 2.45) is 17.8 Å². The van der Waals surface area contributed by atoms with Crippen molar-refractivity contribution < 1.29 is 0 Å². The lowest BCUT2D eigenvalue weighted by Gasteiger charge is -2.02. The first-order valence-electron chi connectivity index (χ1n) is 5.20. The topological polar surface area (TPSA) is 68.2 Å². The molecule has 5 heteroatoms. The fourth-order valence-corrected chi connectivity index (χ4v) is 1.35. The third-order valence-corrected chi connectivity index (χ3v) is 2.69. The predicted molar refractivity (Wildman–Crippen MR) is 59.4 cm³/mol. The fraction of sp³-hybridized carbons (Fsp3) is 0.600. The molecular formula is C10H17N5. The first kappa shape index (κ1) is 10.0. The van der Waals surface area contributed by atoms with Crippen molar-refractivity contribution >= 4 is 5.96 Å². The van der Waals surface area contributed by atoms with Crippen LogP contribution in [0.1, 0.15) is 24.1 Å². The minimum atomic E-state index is 0.542. The van der Waals surface area contributed by atoms with Crippen LogP contribution < -0.4 is 11.1 Å². The summed E-state index contributed by atoms with van der Waals surface area (Å²) < 4.78 is 1.84. The molecule has 1 aromatic heterocycles. The van der Waals surface area contributed by atoms with Crippen LogP contribution in [0.25, 0.3) is 0 Å². The van der Waals surface area contributed by atoms with Gasteiger partial charge in [0.2, 0.25) is 0 Å². The van der Waals surface area contributed by atoms with Crippen molar-refractivity contribution in [3.05, 3.63) is 17.5 Å². The molecule has 0 aromatic carbocycles. The zero-order chi connectivity index (χ0) is 10.8. The molecule has 0 unspecified atom stereocenters. The molecule has 1 saturated carbocycles. The minimum absolute atomic E-state index is 0.542. The molecule has 0 amide bonds. The summed E-state index contributed by atoms with van der Waals surface area (Å²) in [5, 5.41) is 7.30. The van der Waals surface area contributed by atoms with Crippen LogP contribution in [0.2, 0.25) is 0 Å². The van der Waals surface area contributed by atoms with Gasteiger partial charge in [-0.3, -0.25) is 4.68 Å². The Hall–Kier alpha value is -1.52. The highest BCUT2D eigenvalue weighted by Gasteiger charge is 2.21. The molecule has 82 valence electrons. The van der Waals surface area contributed by atoms with E-state index in [1.807, 2.05) is 24.9 Å². The summed E-state index contributed by atoms with van der Waals surface area (Å²) in [7, 11) is 1.92. The molecule has 5 nitrogen and oxygen atoms in total. The first-order chi connectivity index (χ1) is 7.16. The van der Waals surface area contributed by atoms with E-state index in [1.165, 1.54) is 12.8 Å². The van der Waals surface area contributed by atoms with Crippen LogP contribution in [0.15, 0.2) is 11.2 Å². The number of aryl methyl sites for hydroxylation is 1. The second kappa shape index (κ2) is 3.92. The van der Waals surface area contributed by atoms with E-state index in [9.17, 15) is 0 Å².